The summed E-state index contributed by atoms with van der Waals surface area (Å²) >= 11 is 14.5. The van der Waals surface area contributed by atoms with Crippen LogP contribution in [0.25, 0.3) is 17.1 Å². The summed E-state index contributed by atoms with van der Waals surface area (Å²) in [5.41, 5.74) is 4.37. The molecule has 0 aliphatic rings. The average Bonchev–Trinajstić information content (AvgIpc) is 3.13. The number of nitrogens with zero attached hydrogens (tertiary/aromatic N) is 3. The number of hydrogen-bond donors (Lipinski definition) is 1. The molecule has 0 aliphatic carbocycles. The molecule has 0 saturated carbocycles. The second kappa shape index (κ2) is 10.3. The first-order chi connectivity index (χ1) is 13.6. The van der Waals surface area contributed by atoms with E-state index >= 15 is 0 Å². The van der Waals surface area contributed by atoms with Gasteiger partial charge < -0.3 is 5.32 Å². The number of thioether (sulfide) groups is 1. The van der Waals surface area contributed by atoms with Crippen molar-refractivity contribution in [1.82, 2.24) is 20.1 Å². The number of unbranched alkanes of at least 4 members (excludes halogenated alkanes) is 1. The second-order valence-corrected chi connectivity index (χ2v) is 8.52. The molecule has 0 unspecified atom stereocenters. The van der Waals surface area contributed by atoms with Crippen LogP contribution in [-0.2, 0) is 5.75 Å². The molecule has 1 N–H and O–H groups in total. The molecule has 0 atom stereocenters. The molecule has 2 heterocycles. The highest BCUT2D eigenvalue weighted by molar-refractivity contribution is 7.98. The number of aromatic nitrogens is 3. The zero-order valence-electron chi connectivity index (χ0n) is 16.1. The Balaban J connectivity index is 1.82. The quantitative estimate of drug-likeness (QED) is 0.433. The lowest BCUT2D eigenvalue weighted by atomic mass is 10.0. The molecule has 3 aromatic rings. The fraction of sp³-hybridized carbons (Fsp3) is 0.333. The number of pyridine rings is 1. The number of halogens is 2. The molecule has 148 valence electrons. The molecular formula is C21H24Cl2N4S. The van der Waals surface area contributed by atoms with Crippen LogP contribution in [0.15, 0.2) is 42.7 Å². The van der Waals surface area contributed by atoms with E-state index in [-0.39, 0.29) is 0 Å². The van der Waals surface area contributed by atoms with Crippen molar-refractivity contribution < 1.29 is 0 Å². The number of hydrogen-bond acceptors (Lipinski definition) is 4. The topological polar surface area (TPSA) is 42.7 Å². The highest BCUT2D eigenvalue weighted by Crippen LogP contribution is 2.32. The Hall–Kier alpha value is -1.53. The third kappa shape index (κ3) is 5.29. The van der Waals surface area contributed by atoms with Crippen LogP contribution in [0.3, 0.4) is 0 Å². The lowest BCUT2D eigenvalue weighted by molar-refractivity contribution is 0.715. The fourth-order valence-corrected chi connectivity index (χ4v) is 4.61. The van der Waals surface area contributed by atoms with Gasteiger partial charge in [-0.2, -0.15) is 16.9 Å². The summed E-state index contributed by atoms with van der Waals surface area (Å²) in [6, 6.07) is 9.67. The number of nitrogens with one attached hydrogen (secondary N) is 1. The predicted octanol–water partition coefficient (Wildman–Crippen LogP) is 5.78. The van der Waals surface area contributed by atoms with Crippen molar-refractivity contribution in [3.05, 3.63) is 63.9 Å². The monoisotopic (exact) mass is 434 g/mol. The van der Waals surface area contributed by atoms with Gasteiger partial charge in [0.1, 0.15) is 0 Å². The van der Waals surface area contributed by atoms with Crippen molar-refractivity contribution in [2.45, 2.75) is 25.5 Å². The average molecular weight is 435 g/mol. The van der Waals surface area contributed by atoms with Crippen molar-refractivity contribution >= 4 is 35.0 Å². The van der Waals surface area contributed by atoms with Gasteiger partial charge in [-0.3, -0.25) is 0 Å². The molecule has 2 aromatic heterocycles. The Bertz CT molecular complexity index is 927. The van der Waals surface area contributed by atoms with Crippen LogP contribution in [0.4, 0.5) is 0 Å². The Labute approximate surface area is 180 Å². The van der Waals surface area contributed by atoms with Gasteiger partial charge in [-0.15, -0.1) is 0 Å². The maximum Gasteiger partial charge on any atom is 0.172 e. The molecule has 0 aliphatic heterocycles. The van der Waals surface area contributed by atoms with E-state index in [4.69, 9.17) is 28.3 Å². The summed E-state index contributed by atoms with van der Waals surface area (Å²) in [7, 11) is 1.99. The van der Waals surface area contributed by atoms with E-state index in [2.05, 4.69) is 23.3 Å². The molecule has 1 aromatic carbocycles. The molecule has 0 amide bonds. The third-order valence-electron chi connectivity index (χ3n) is 4.41. The van der Waals surface area contributed by atoms with Crippen molar-refractivity contribution in [2.24, 2.45) is 0 Å². The van der Waals surface area contributed by atoms with Gasteiger partial charge in [-0.05, 0) is 80.6 Å². The molecule has 0 spiro atoms. The van der Waals surface area contributed by atoms with E-state index in [1.54, 1.807) is 10.9 Å². The second-order valence-electron chi connectivity index (χ2n) is 6.57. The predicted molar refractivity (Wildman–Crippen MR) is 121 cm³/mol. The van der Waals surface area contributed by atoms with E-state index in [0.29, 0.717) is 10.8 Å². The van der Waals surface area contributed by atoms with Crippen LogP contribution < -0.4 is 5.32 Å². The Morgan fingerprint density at radius 1 is 1.18 bits per heavy atom. The largest absolute Gasteiger partial charge is 0.320 e. The van der Waals surface area contributed by atoms with Crippen LogP contribution in [0.1, 0.15) is 24.0 Å². The molecule has 3 rings (SSSR count). The molecule has 7 heteroatoms. The van der Waals surface area contributed by atoms with Crippen LogP contribution >= 0.6 is 35.0 Å². The number of aryl methyl sites for hydroxylation is 1. The minimum atomic E-state index is 0.572. The Morgan fingerprint density at radius 2 is 2.04 bits per heavy atom. The first-order valence-electron chi connectivity index (χ1n) is 9.28. The molecule has 0 saturated heterocycles. The molecular weight excluding hydrogens is 411 g/mol. The van der Waals surface area contributed by atoms with E-state index in [1.807, 2.05) is 49.3 Å². The molecule has 0 fully saturated rings. The highest BCUT2D eigenvalue weighted by Gasteiger charge is 2.14. The van der Waals surface area contributed by atoms with Gasteiger partial charge in [0.25, 0.3) is 0 Å². The van der Waals surface area contributed by atoms with Gasteiger partial charge in [-0.1, -0.05) is 23.2 Å². The highest BCUT2D eigenvalue weighted by atomic mass is 35.5. The summed E-state index contributed by atoms with van der Waals surface area (Å²) in [4.78, 5) is 4.34. The summed E-state index contributed by atoms with van der Waals surface area (Å²) in [5.74, 6) is 2.67. The minimum Gasteiger partial charge on any atom is -0.320 e. The SMILES string of the molecule is CNCCCCSCc1cc(Cl)cc(C)c1-c1ccn(-c2ncccc2Cl)n1. The first kappa shape index (κ1) is 21.2. The fourth-order valence-electron chi connectivity index (χ4n) is 3.10. The van der Waals surface area contributed by atoms with Gasteiger partial charge in [-0.25, -0.2) is 9.67 Å². The van der Waals surface area contributed by atoms with Crippen molar-refractivity contribution in [1.29, 1.82) is 0 Å². The maximum absolute atomic E-state index is 6.34. The Kier molecular flexibility index (Phi) is 7.80. The van der Waals surface area contributed by atoms with Crippen LogP contribution in [-0.4, -0.2) is 34.1 Å². The molecule has 28 heavy (non-hydrogen) atoms. The first-order valence-corrected chi connectivity index (χ1v) is 11.2. The lowest BCUT2D eigenvalue weighted by Crippen LogP contribution is -2.07. The van der Waals surface area contributed by atoms with Gasteiger partial charge in [0, 0.05) is 28.7 Å². The van der Waals surface area contributed by atoms with E-state index in [0.717, 1.165) is 39.9 Å². The summed E-state index contributed by atoms with van der Waals surface area (Å²) in [6.45, 7) is 3.14. The summed E-state index contributed by atoms with van der Waals surface area (Å²) in [5, 5.41) is 9.27. The number of rotatable bonds is 9. The van der Waals surface area contributed by atoms with Crippen LogP contribution in [0.2, 0.25) is 10.0 Å². The van der Waals surface area contributed by atoms with Crippen molar-refractivity contribution in [3.63, 3.8) is 0 Å². The summed E-state index contributed by atoms with van der Waals surface area (Å²) < 4.78 is 1.72. The van der Waals surface area contributed by atoms with Gasteiger partial charge in [0.2, 0.25) is 0 Å². The van der Waals surface area contributed by atoms with Crippen LogP contribution in [0, 0.1) is 6.92 Å². The van der Waals surface area contributed by atoms with Gasteiger partial charge >= 0.3 is 0 Å². The zero-order chi connectivity index (χ0) is 19.9. The third-order valence-corrected chi connectivity index (χ3v) is 6.01. The summed E-state index contributed by atoms with van der Waals surface area (Å²) in [6.07, 6.45) is 6.01. The van der Waals surface area contributed by atoms with Gasteiger partial charge in [0.15, 0.2) is 5.82 Å². The maximum atomic E-state index is 6.34. The van der Waals surface area contributed by atoms with Crippen molar-refractivity contribution in [3.8, 4) is 17.1 Å². The van der Waals surface area contributed by atoms with Crippen molar-refractivity contribution in [2.75, 3.05) is 19.3 Å². The molecule has 4 nitrogen and oxygen atoms in total. The van der Waals surface area contributed by atoms with E-state index in [1.165, 1.54) is 18.4 Å². The standard InChI is InChI=1S/C21H24Cl2N4S/c1-15-12-17(22)13-16(14-28-11-4-3-8-24-2)20(15)19-7-10-27(26-19)21-18(23)6-5-9-25-21/h5-7,9-10,12-13,24H,3-4,8,11,14H2,1-2H3. The molecule has 0 radical (unpaired) electrons. The van der Waals surface area contributed by atoms with E-state index < -0.39 is 0 Å². The van der Waals surface area contributed by atoms with Gasteiger partial charge in [0.05, 0.1) is 10.7 Å². The Morgan fingerprint density at radius 3 is 2.82 bits per heavy atom. The zero-order valence-corrected chi connectivity index (χ0v) is 18.4. The smallest absolute Gasteiger partial charge is 0.172 e. The van der Waals surface area contributed by atoms with E-state index in [9.17, 15) is 0 Å². The number of benzene rings is 1. The van der Waals surface area contributed by atoms with Crippen LogP contribution in [0.5, 0.6) is 0 Å². The normalized spacial score (nSPS) is 11.1. The minimum absolute atomic E-state index is 0.572. The molecule has 0 bridgehead atoms. The lowest BCUT2D eigenvalue weighted by Gasteiger charge is -2.12.